The van der Waals surface area contributed by atoms with E-state index >= 15 is 0 Å². The first-order chi connectivity index (χ1) is 26.2. The van der Waals surface area contributed by atoms with Crippen LogP contribution in [0, 0.1) is 29.6 Å². The van der Waals surface area contributed by atoms with Gasteiger partial charge in [0.2, 0.25) is 0 Å². The van der Waals surface area contributed by atoms with Crippen LogP contribution in [0.2, 0.25) is 0 Å². The van der Waals surface area contributed by atoms with Crippen molar-refractivity contribution in [2.75, 3.05) is 0 Å². The molecule has 5 aliphatic rings. The van der Waals surface area contributed by atoms with Gasteiger partial charge in [0.1, 0.15) is 0 Å². The number of benzene rings is 3. The summed E-state index contributed by atoms with van der Waals surface area (Å²) < 4.78 is 4.86. The van der Waals surface area contributed by atoms with Crippen molar-refractivity contribution in [3.05, 3.63) is 80.8 Å². The third-order valence-corrected chi connectivity index (χ3v) is 16.3. The van der Waals surface area contributed by atoms with Crippen molar-refractivity contribution in [3.63, 3.8) is 0 Å². The maximum atomic E-state index is 12.8. The standard InChI is InChI=1S/C47H52N2O6/c1-25-9-8-12-34-41(25)30-24-32-27(14-16-38-45(32,3)20-18-40(51)47(38,5)43(54)55)22-36(30)49(34)48-33-11-7-6-10-28(33)29-23-31-26(21-35(29)48)13-15-37-44(31,2)19-17-39(50)46(37,4)42(52)53/h8-12,21-24,37-40,50-51H,6-7,13-20H2,1-5H3,(H,52,53)(H,54,55)/t37?,38-,39+,40+,44-,45-,46+,47+/m1/s1. The molecule has 8 atom stereocenters. The van der Waals surface area contributed by atoms with E-state index in [1.54, 1.807) is 13.8 Å². The minimum absolute atomic E-state index is 0.173. The summed E-state index contributed by atoms with van der Waals surface area (Å²) in [5.74, 6) is -2.17. The lowest BCUT2D eigenvalue weighted by molar-refractivity contribution is -0.172. The van der Waals surface area contributed by atoms with E-state index in [1.165, 1.54) is 49.2 Å². The molecule has 1 unspecified atom stereocenters. The van der Waals surface area contributed by atoms with Crippen LogP contribution >= 0.6 is 0 Å². The molecule has 286 valence electrons. The average Bonchev–Trinajstić information content (AvgIpc) is 3.65. The van der Waals surface area contributed by atoms with Crippen molar-refractivity contribution in [1.82, 2.24) is 9.35 Å². The summed E-state index contributed by atoms with van der Waals surface area (Å²) in [5.41, 5.74) is 6.39. The van der Waals surface area contributed by atoms with Crippen LogP contribution in [-0.2, 0) is 33.3 Å². The summed E-state index contributed by atoms with van der Waals surface area (Å²) in [6.45, 7) is 10.2. The highest BCUT2D eigenvalue weighted by atomic mass is 16.4. The monoisotopic (exact) mass is 740 g/mol. The van der Waals surface area contributed by atoms with Gasteiger partial charge in [-0.15, -0.1) is 0 Å². The van der Waals surface area contributed by atoms with Gasteiger partial charge in [-0.3, -0.25) is 9.59 Å². The van der Waals surface area contributed by atoms with E-state index < -0.39 is 35.0 Å². The van der Waals surface area contributed by atoms with Crippen LogP contribution < -0.4 is 10.6 Å². The lowest BCUT2D eigenvalue weighted by atomic mass is 9.49. The summed E-state index contributed by atoms with van der Waals surface area (Å²) in [6, 6.07) is 16.0. The Morgan fingerprint density at radius 3 is 1.76 bits per heavy atom. The molecule has 0 radical (unpaired) electrons. The lowest BCUT2D eigenvalue weighted by Gasteiger charge is -2.55. The fourth-order valence-electron chi connectivity index (χ4n) is 13.2. The van der Waals surface area contributed by atoms with Gasteiger partial charge >= 0.3 is 11.9 Å². The Hall–Kier alpha value is -4.40. The van der Waals surface area contributed by atoms with Crippen molar-refractivity contribution in [3.8, 4) is 0 Å². The Bertz CT molecular complexity index is 2670. The van der Waals surface area contributed by atoms with Gasteiger partial charge in [0.25, 0.3) is 0 Å². The smallest absolute Gasteiger partial charge is 0.312 e. The van der Waals surface area contributed by atoms with Crippen molar-refractivity contribution in [1.29, 1.82) is 0 Å². The van der Waals surface area contributed by atoms with Gasteiger partial charge in [0.15, 0.2) is 0 Å². The molecule has 8 heteroatoms. The van der Waals surface area contributed by atoms with Gasteiger partial charge in [-0.2, -0.15) is 0 Å². The number of aliphatic hydroxyl groups excluding tert-OH is 2. The minimum atomic E-state index is -1.21. The van der Waals surface area contributed by atoms with E-state index in [1.807, 2.05) is 0 Å². The first-order valence-electron chi connectivity index (χ1n) is 20.4. The van der Waals surface area contributed by atoms with E-state index in [0.717, 1.165) is 60.5 Å². The Balaban J connectivity index is 1.23. The molecule has 5 aliphatic carbocycles. The molecule has 2 saturated carbocycles. The van der Waals surface area contributed by atoms with Crippen LogP contribution in [0.1, 0.15) is 107 Å². The molecule has 0 spiro atoms. The maximum absolute atomic E-state index is 12.8. The molecule has 4 N–H and O–H groups in total. The second-order valence-corrected chi connectivity index (χ2v) is 18.7. The zero-order valence-corrected chi connectivity index (χ0v) is 32.6. The minimum Gasteiger partial charge on any atom is -0.481 e. The zero-order chi connectivity index (χ0) is 38.6. The quantitative estimate of drug-likeness (QED) is 0.160. The molecular formula is C47H52N2O6. The predicted octanol–water partition coefficient (Wildman–Crippen LogP) is 6.86. The lowest BCUT2D eigenvalue weighted by Crippen LogP contribution is -2.58. The Morgan fingerprint density at radius 1 is 0.673 bits per heavy atom. The van der Waals surface area contributed by atoms with E-state index in [0.29, 0.717) is 25.7 Å². The molecule has 5 aromatic rings. The van der Waals surface area contributed by atoms with Crippen molar-refractivity contribution < 1.29 is 30.0 Å². The summed E-state index contributed by atoms with van der Waals surface area (Å²) in [7, 11) is 0. The molecule has 2 aromatic heterocycles. The molecule has 0 amide bonds. The number of carboxylic acids is 2. The Labute approximate surface area is 320 Å². The summed E-state index contributed by atoms with van der Waals surface area (Å²) >= 11 is 0. The van der Waals surface area contributed by atoms with E-state index in [4.69, 9.17) is 0 Å². The van der Waals surface area contributed by atoms with Crippen LogP contribution in [0.5, 0.6) is 0 Å². The van der Waals surface area contributed by atoms with Gasteiger partial charge < -0.3 is 20.4 Å². The molecule has 10 rings (SSSR count). The summed E-state index contributed by atoms with van der Waals surface area (Å²) in [5, 5.41) is 49.1. The van der Waals surface area contributed by atoms with Gasteiger partial charge in [-0.25, -0.2) is 9.35 Å². The number of aliphatic hydroxyl groups is 2. The number of carbonyl (C=O) groups is 2. The van der Waals surface area contributed by atoms with Crippen LogP contribution in [0.4, 0.5) is 0 Å². The van der Waals surface area contributed by atoms with Gasteiger partial charge in [-0.05, 0) is 166 Å². The normalized spacial score (nSPS) is 33.9. The Kier molecular flexibility index (Phi) is 7.23. The van der Waals surface area contributed by atoms with Crippen molar-refractivity contribution in [2.45, 2.75) is 122 Å². The number of aryl methyl sites for hydroxylation is 3. The van der Waals surface area contributed by atoms with Crippen LogP contribution in [-0.4, -0.2) is 53.9 Å². The highest BCUT2D eigenvalue weighted by molar-refractivity contribution is 6.10. The average molecular weight is 741 g/mol. The number of rotatable bonds is 3. The molecule has 8 nitrogen and oxygen atoms in total. The van der Waals surface area contributed by atoms with Gasteiger partial charge in [0, 0.05) is 21.4 Å². The van der Waals surface area contributed by atoms with E-state index in [9.17, 15) is 30.0 Å². The fraction of sp³-hybridized carbons (Fsp3) is 0.489. The number of nitrogens with zero attached hydrogens (tertiary/aromatic N) is 2. The SMILES string of the molecule is Cc1cccc2c1c1cc3c(cc1n2-n1c2c(c4cc5c(cc41)CCC1[C@](C)(C(=O)O)[C@@H](O)CC[C@]51C)=CCCC=2)CC[C@H]1[C@](C)(C(=O)O)[C@@H](O)CC[C@]31C. The second-order valence-electron chi connectivity index (χ2n) is 18.7. The number of fused-ring (bicyclic) bond motifs is 12. The molecular weight excluding hydrogens is 689 g/mol. The van der Waals surface area contributed by atoms with Crippen LogP contribution in [0.25, 0.3) is 44.9 Å². The molecule has 3 aromatic carbocycles. The molecule has 55 heavy (non-hydrogen) atoms. The van der Waals surface area contributed by atoms with E-state index in [2.05, 4.69) is 84.7 Å². The summed E-state index contributed by atoms with van der Waals surface area (Å²) in [4.78, 5) is 25.6. The van der Waals surface area contributed by atoms with Crippen molar-refractivity contribution in [2.24, 2.45) is 22.7 Å². The molecule has 0 bridgehead atoms. The molecule has 0 aliphatic heterocycles. The first-order valence-corrected chi connectivity index (χ1v) is 20.4. The highest BCUT2D eigenvalue weighted by Crippen LogP contribution is 2.59. The maximum Gasteiger partial charge on any atom is 0.312 e. The summed E-state index contributed by atoms with van der Waals surface area (Å²) in [6.07, 6.45) is 10.3. The molecule has 2 fully saturated rings. The number of aromatic nitrogens is 2. The molecule has 2 heterocycles. The number of hydrogen-bond acceptors (Lipinski definition) is 4. The van der Waals surface area contributed by atoms with E-state index in [-0.39, 0.29) is 22.7 Å². The fourth-order valence-corrected chi connectivity index (χ4v) is 13.2. The number of hydrogen-bond donors (Lipinski definition) is 4. The number of aliphatic carboxylic acids is 2. The molecule has 0 saturated heterocycles. The largest absolute Gasteiger partial charge is 0.481 e. The zero-order valence-electron chi connectivity index (χ0n) is 32.6. The van der Waals surface area contributed by atoms with Gasteiger partial charge in [0.05, 0.1) is 44.9 Å². The van der Waals surface area contributed by atoms with Crippen LogP contribution in [0.15, 0.2) is 42.5 Å². The topological polar surface area (TPSA) is 125 Å². The van der Waals surface area contributed by atoms with Gasteiger partial charge in [-0.1, -0.05) is 38.1 Å². The third-order valence-electron chi connectivity index (χ3n) is 16.3. The Morgan fingerprint density at radius 2 is 1.20 bits per heavy atom. The highest BCUT2D eigenvalue weighted by Gasteiger charge is 2.61. The van der Waals surface area contributed by atoms with Crippen LogP contribution in [0.3, 0.4) is 0 Å². The predicted molar refractivity (Wildman–Crippen MR) is 215 cm³/mol. The first kappa shape index (κ1) is 35.0. The number of carboxylic acid groups (broad SMARTS) is 2. The third kappa shape index (κ3) is 4.25. The second kappa shape index (κ2) is 11.3. The van der Waals surface area contributed by atoms with Crippen molar-refractivity contribution >= 4 is 56.8 Å².